The van der Waals surface area contributed by atoms with Gasteiger partial charge in [0.1, 0.15) is 11.4 Å². The number of aromatic nitrogens is 1. The van der Waals surface area contributed by atoms with Crippen molar-refractivity contribution in [2.75, 3.05) is 0 Å². The Labute approximate surface area is 329 Å². The molecule has 2 aromatic heterocycles. The van der Waals surface area contributed by atoms with E-state index in [4.69, 9.17) is 16.0 Å². The van der Waals surface area contributed by atoms with Gasteiger partial charge in [0.05, 0.1) is 16.7 Å². The van der Waals surface area contributed by atoms with Crippen LogP contribution >= 0.6 is 0 Å². The zero-order valence-electron chi connectivity index (χ0n) is 31.5. The van der Waals surface area contributed by atoms with E-state index >= 15 is 0 Å². The number of hydrogen-bond donors (Lipinski definition) is 0. The molecular weight excluding hydrogens is 693 g/mol. The van der Waals surface area contributed by atoms with Crippen LogP contribution < -0.4 is 0 Å². The molecular formula is C54H36N2O. The van der Waals surface area contributed by atoms with E-state index in [0.717, 1.165) is 84.8 Å². The molecule has 1 aliphatic rings. The topological polar surface area (TPSA) is 30.4 Å². The van der Waals surface area contributed by atoms with Crippen molar-refractivity contribution in [3.63, 3.8) is 0 Å². The molecule has 0 amide bonds. The zero-order valence-corrected chi connectivity index (χ0v) is 31.5. The summed E-state index contributed by atoms with van der Waals surface area (Å²) >= 11 is 0. The molecule has 0 N–H and O–H groups in total. The van der Waals surface area contributed by atoms with Gasteiger partial charge in [0.15, 0.2) is 5.58 Å². The fraction of sp³-hybridized carbons (Fsp3) is 0.0556. The minimum atomic E-state index is 0.776. The lowest BCUT2D eigenvalue weighted by Gasteiger charge is -2.18. The Balaban J connectivity index is 1.25. The van der Waals surface area contributed by atoms with Gasteiger partial charge in [0.25, 0.3) is 0 Å². The highest BCUT2D eigenvalue weighted by atomic mass is 16.3. The molecule has 0 radical (unpaired) electrons. The largest absolute Gasteiger partial charge is 0.453 e. The standard InChI is InChI=1S/C54H36N2O/c1-32-30-45-39-22-10-8-20-37(39)38-21-9-11-23-40(38)46(45)31-47(32)55-54(33(2)34-16-4-3-5-17-34)56-48-27-15-14-26-43(48)49-41-24-12-13-25-42(41)50-44-29-28-35-18-6-7-19-36(35)52(44)57-53(50)51(49)56/h3-11,13-23,25-31H,2,12,24H2,1H3. The maximum Gasteiger partial charge on any atom is 0.160 e. The van der Waals surface area contributed by atoms with Crippen molar-refractivity contribution in [3.05, 3.63) is 187 Å². The van der Waals surface area contributed by atoms with E-state index in [1.54, 1.807) is 0 Å². The normalized spacial score (nSPS) is 13.3. The molecule has 0 spiro atoms. The third-order valence-corrected chi connectivity index (χ3v) is 12.3. The molecule has 57 heavy (non-hydrogen) atoms. The summed E-state index contributed by atoms with van der Waals surface area (Å²) in [6.07, 6.45) is 6.57. The van der Waals surface area contributed by atoms with Gasteiger partial charge in [0.2, 0.25) is 0 Å². The summed E-state index contributed by atoms with van der Waals surface area (Å²) in [4.78, 5) is 5.76. The molecule has 0 fully saturated rings. The van der Waals surface area contributed by atoms with Crippen LogP contribution in [0.3, 0.4) is 0 Å². The number of rotatable bonds is 3. The van der Waals surface area contributed by atoms with Gasteiger partial charge in [-0.2, -0.15) is 0 Å². The number of furan rings is 1. The number of fused-ring (bicyclic) bond motifs is 18. The van der Waals surface area contributed by atoms with Gasteiger partial charge < -0.3 is 4.42 Å². The van der Waals surface area contributed by atoms with E-state index in [-0.39, 0.29) is 0 Å². The molecule has 12 rings (SSSR count). The van der Waals surface area contributed by atoms with Crippen molar-refractivity contribution in [2.45, 2.75) is 19.8 Å². The van der Waals surface area contributed by atoms with Crippen LogP contribution in [0.2, 0.25) is 0 Å². The van der Waals surface area contributed by atoms with Crippen molar-refractivity contribution in [3.8, 4) is 0 Å². The molecule has 0 saturated heterocycles. The number of benzene rings is 9. The third-order valence-electron chi connectivity index (χ3n) is 12.3. The van der Waals surface area contributed by atoms with E-state index < -0.39 is 0 Å². The molecule has 3 heteroatoms. The quantitative estimate of drug-likeness (QED) is 0.101. The van der Waals surface area contributed by atoms with Gasteiger partial charge in [0, 0.05) is 32.5 Å². The van der Waals surface area contributed by atoms with E-state index in [1.807, 2.05) is 0 Å². The van der Waals surface area contributed by atoms with Crippen molar-refractivity contribution in [2.24, 2.45) is 4.99 Å². The molecule has 9 aromatic carbocycles. The first kappa shape index (κ1) is 32.1. The predicted molar refractivity (Wildman–Crippen MR) is 243 cm³/mol. The molecule has 11 aromatic rings. The Morgan fingerprint density at radius 1 is 0.596 bits per heavy atom. The number of aliphatic imine (C=N–C) groups is 1. The Bertz CT molecular complexity index is 3600. The lowest BCUT2D eigenvalue weighted by molar-refractivity contribution is 0.675. The van der Waals surface area contributed by atoms with Gasteiger partial charge in [-0.3, -0.25) is 4.57 Å². The molecule has 0 saturated carbocycles. The van der Waals surface area contributed by atoms with E-state index in [1.165, 1.54) is 54.2 Å². The number of allylic oxidation sites excluding steroid dienone is 2. The fourth-order valence-corrected chi connectivity index (χ4v) is 9.70. The second-order valence-corrected chi connectivity index (χ2v) is 15.4. The summed E-state index contributed by atoms with van der Waals surface area (Å²) < 4.78 is 9.59. The van der Waals surface area contributed by atoms with E-state index in [0.29, 0.717) is 0 Å². The van der Waals surface area contributed by atoms with Crippen molar-refractivity contribution in [1.29, 1.82) is 0 Å². The van der Waals surface area contributed by atoms with Gasteiger partial charge in [-0.15, -0.1) is 0 Å². The average molecular weight is 729 g/mol. The molecule has 0 bridgehead atoms. The molecule has 0 aliphatic heterocycles. The predicted octanol–water partition coefficient (Wildman–Crippen LogP) is 14.9. The van der Waals surface area contributed by atoms with Crippen LogP contribution in [0, 0.1) is 6.92 Å². The monoisotopic (exact) mass is 728 g/mol. The van der Waals surface area contributed by atoms with Gasteiger partial charge in [-0.25, -0.2) is 4.99 Å². The van der Waals surface area contributed by atoms with E-state index in [9.17, 15) is 0 Å². The summed E-state index contributed by atoms with van der Waals surface area (Å²) in [6.45, 7) is 7.01. The van der Waals surface area contributed by atoms with Gasteiger partial charge >= 0.3 is 0 Å². The SMILES string of the molecule is C=C(C(=Nc1cc2c3ccccc3c3ccccc3c2cc1C)n1c2ccccc2c2c3c(c4c5ccc6ccccc6c5oc4c21)C=CCC3)c1ccccc1. The van der Waals surface area contributed by atoms with Crippen molar-refractivity contribution >= 4 is 110 Å². The summed E-state index contributed by atoms with van der Waals surface area (Å²) in [7, 11) is 0. The highest BCUT2D eigenvalue weighted by Crippen LogP contribution is 2.47. The summed E-state index contributed by atoms with van der Waals surface area (Å²) in [6, 6.07) is 54.4. The molecule has 2 heterocycles. The third kappa shape index (κ3) is 4.57. The lowest BCUT2D eigenvalue weighted by atomic mass is 9.89. The zero-order chi connectivity index (χ0) is 37.8. The highest BCUT2D eigenvalue weighted by Gasteiger charge is 2.28. The second-order valence-electron chi connectivity index (χ2n) is 15.4. The maximum absolute atomic E-state index is 7.23. The number of para-hydroxylation sites is 1. The van der Waals surface area contributed by atoms with Crippen LogP contribution in [0.4, 0.5) is 5.69 Å². The minimum absolute atomic E-state index is 0.776. The Kier molecular flexibility index (Phi) is 6.82. The van der Waals surface area contributed by atoms with Gasteiger partial charge in [-0.1, -0.05) is 146 Å². The van der Waals surface area contributed by atoms with Crippen LogP contribution in [0.5, 0.6) is 0 Å². The van der Waals surface area contributed by atoms with Crippen LogP contribution in [0.25, 0.3) is 98.5 Å². The smallest absolute Gasteiger partial charge is 0.160 e. The van der Waals surface area contributed by atoms with Gasteiger partial charge in [-0.05, 0) is 104 Å². The number of nitrogens with zero attached hydrogens (tertiary/aromatic N) is 2. The molecule has 3 nitrogen and oxygen atoms in total. The first-order valence-electron chi connectivity index (χ1n) is 19.8. The Hall–Kier alpha value is -7.23. The van der Waals surface area contributed by atoms with Crippen LogP contribution in [-0.2, 0) is 6.42 Å². The highest BCUT2D eigenvalue weighted by molar-refractivity contribution is 6.34. The number of aryl methyl sites for hydroxylation is 2. The average Bonchev–Trinajstić information content (AvgIpc) is 3.83. The van der Waals surface area contributed by atoms with Crippen LogP contribution in [0.15, 0.2) is 174 Å². The maximum atomic E-state index is 7.23. The molecule has 268 valence electrons. The minimum Gasteiger partial charge on any atom is -0.453 e. The van der Waals surface area contributed by atoms with Crippen LogP contribution in [0.1, 0.15) is 28.7 Å². The second kappa shape index (κ2) is 12.1. The summed E-state index contributed by atoms with van der Waals surface area (Å²) in [5.74, 6) is 0.776. The molecule has 1 aliphatic carbocycles. The lowest BCUT2D eigenvalue weighted by Crippen LogP contribution is -2.14. The molecule has 0 atom stereocenters. The van der Waals surface area contributed by atoms with E-state index in [2.05, 4.69) is 175 Å². The Morgan fingerprint density at radius 2 is 1.23 bits per heavy atom. The summed E-state index contributed by atoms with van der Waals surface area (Å²) in [5.41, 5.74) is 10.4. The van der Waals surface area contributed by atoms with Crippen molar-refractivity contribution < 1.29 is 4.42 Å². The Morgan fingerprint density at radius 3 is 1.98 bits per heavy atom. The number of hydrogen-bond acceptors (Lipinski definition) is 2. The fourth-order valence-electron chi connectivity index (χ4n) is 9.70. The summed E-state index contributed by atoms with van der Waals surface area (Å²) in [5, 5.41) is 14.4. The first-order chi connectivity index (χ1) is 28.1. The first-order valence-corrected chi connectivity index (χ1v) is 19.8. The van der Waals surface area contributed by atoms with Crippen LogP contribution in [-0.4, -0.2) is 10.4 Å². The van der Waals surface area contributed by atoms with Crippen molar-refractivity contribution in [1.82, 2.24) is 4.57 Å². The molecule has 0 unspecified atom stereocenters.